The number of nitrogens with zero attached hydrogens (tertiary/aromatic N) is 1. The van der Waals surface area contributed by atoms with Gasteiger partial charge in [-0.05, 0) is 55.3 Å². The normalized spacial score (nSPS) is 11.4. The minimum absolute atomic E-state index is 0.181. The molecule has 6 heteroatoms. The highest BCUT2D eigenvalue weighted by Gasteiger charge is 2.21. The highest BCUT2D eigenvalue weighted by atomic mass is 32.2. The molecule has 0 saturated carbocycles. The Balaban J connectivity index is 1.72. The molecule has 0 fully saturated rings. The molecule has 0 atom stereocenters. The van der Waals surface area contributed by atoms with Crippen molar-refractivity contribution in [1.29, 1.82) is 0 Å². The lowest BCUT2D eigenvalue weighted by Gasteiger charge is -2.17. The predicted molar refractivity (Wildman–Crippen MR) is 115 cm³/mol. The molecular formula is C23H24N2O3S. The van der Waals surface area contributed by atoms with E-state index in [-0.39, 0.29) is 17.3 Å². The number of hydrogen-bond acceptors (Lipinski definition) is 3. The molecule has 0 aliphatic rings. The van der Waals surface area contributed by atoms with Crippen LogP contribution >= 0.6 is 0 Å². The molecular weight excluding hydrogens is 384 g/mol. The summed E-state index contributed by atoms with van der Waals surface area (Å²) in [7, 11) is -2.07. The first-order valence-corrected chi connectivity index (χ1v) is 10.7. The largest absolute Gasteiger partial charge is 0.322 e. The van der Waals surface area contributed by atoms with E-state index in [4.69, 9.17) is 0 Å². The molecule has 1 N–H and O–H groups in total. The van der Waals surface area contributed by atoms with E-state index in [9.17, 15) is 13.2 Å². The third kappa shape index (κ3) is 4.91. The second kappa shape index (κ2) is 8.59. The summed E-state index contributed by atoms with van der Waals surface area (Å²) in [6, 6.07) is 21.3. The van der Waals surface area contributed by atoms with Crippen LogP contribution in [0.25, 0.3) is 0 Å². The number of amides is 1. The van der Waals surface area contributed by atoms with Gasteiger partial charge >= 0.3 is 0 Å². The van der Waals surface area contributed by atoms with Crippen LogP contribution in [-0.4, -0.2) is 25.7 Å². The molecule has 0 spiro atoms. The van der Waals surface area contributed by atoms with Gasteiger partial charge in [0.2, 0.25) is 10.0 Å². The third-order valence-corrected chi connectivity index (χ3v) is 6.51. The molecule has 0 saturated heterocycles. The number of carbonyl (C=O) groups excluding carboxylic acids is 1. The van der Waals surface area contributed by atoms with Crippen LogP contribution in [-0.2, 0) is 16.6 Å². The molecule has 0 heterocycles. The first kappa shape index (κ1) is 20.8. The van der Waals surface area contributed by atoms with Crippen LogP contribution < -0.4 is 5.32 Å². The van der Waals surface area contributed by atoms with Gasteiger partial charge in [-0.2, -0.15) is 4.31 Å². The summed E-state index contributed by atoms with van der Waals surface area (Å²) < 4.78 is 26.9. The minimum atomic E-state index is -3.63. The molecule has 1 amide bonds. The van der Waals surface area contributed by atoms with Crippen LogP contribution in [0.2, 0.25) is 0 Å². The highest BCUT2D eigenvalue weighted by molar-refractivity contribution is 7.89. The van der Waals surface area contributed by atoms with Gasteiger partial charge in [0.25, 0.3) is 5.91 Å². The number of sulfonamides is 1. The third-order valence-electron chi connectivity index (χ3n) is 4.69. The average molecular weight is 409 g/mol. The van der Waals surface area contributed by atoms with E-state index < -0.39 is 10.0 Å². The Labute approximate surface area is 172 Å². The zero-order valence-corrected chi connectivity index (χ0v) is 17.5. The van der Waals surface area contributed by atoms with Gasteiger partial charge in [-0.3, -0.25) is 4.79 Å². The van der Waals surface area contributed by atoms with Crippen LogP contribution in [0.1, 0.15) is 27.0 Å². The van der Waals surface area contributed by atoms with E-state index >= 15 is 0 Å². The van der Waals surface area contributed by atoms with Gasteiger partial charge in [0.1, 0.15) is 0 Å². The molecule has 0 bridgehead atoms. The maximum atomic E-state index is 12.8. The summed E-state index contributed by atoms with van der Waals surface area (Å²) >= 11 is 0. The monoisotopic (exact) mass is 408 g/mol. The Morgan fingerprint density at radius 1 is 0.931 bits per heavy atom. The van der Waals surface area contributed by atoms with E-state index in [1.165, 1.54) is 16.4 Å². The Kier molecular flexibility index (Phi) is 6.15. The van der Waals surface area contributed by atoms with Gasteiger partial charge in [-0.25, -0.2) is 8.42 Å². The molecule has 0 radical (unpaired) electrons. The van der Waals surface area contributed by atoms with Crippen molar-refractivity contribution in [1.82, 2.24) is 4.31 Å². The van der Waals surface area contributed by atoms with Crippen molar-refractivity contribution in [3.8, 4) is 0 Å². The molecule has 3 aromatic carbocycles. The van der Waals surface area contributed by atoms with Gasteiger partial charge in [-0.1, -0.05) is 48.0 Å². The fourth-order valence-electron chi connectivity index (χ4n) is 3.08. The van der Waals surface area contributed by atoms with Crippen molar-refractivity contribution in [2.75, 3.05) is 12.4 Å². The van der Waals surface area contributed by atoms with Crippen LogP contribution in [0, 0.1) is 13.8 Å². The summed E-state index contributed by atoms with van der Waals surface area (Å²) in [5, 5.41) is 2.82. The summed E-state index contributed by atoms with van der Waals surface area (Å²) in [4.78, 5) is 12.7. The molecule has 3 aromatic rings. The topological polar surface area (TPSA) is 66.5 Å². The standard InChI is InChI=1S/C23H24N2O3S/c1-17-9-14-22(18(2)15-17)23(26)24-20-10-12-21(13-11-20)29(27,28)25(3)16-19-7-5-4-6-8-19/h4-15H,16H2,1-3H3,(H,24,26). The van der Waals surface area contributed by atoms with Crippen molar-refractivity contribution in [3.63, 3.8) is 0 Å². The Hall–Kier alpha value is -2.96. The summed E-state index contributed by atoms with van der Waals surface area (Å²) in [5.74, 6) is -0.223. The lowest BCUT2D eigenvalue weighted by atomic mass is 10.1. The quantitative estimate of drug-likeness (QED) is 0.658. The second-order valence-electron chi connectivity index (χ2n) is 7.04. The smallest absolute Gasteiger partial charge is 0.255 e. The van der Waals surface area contributed by atoms with Crippen molar-refractivity contribution in [2.24, 2.45) is 0 Å². The van der Waals surface area contributed by atoms with E-state index in [0.717, 1.165) is 16.7 Å². The van der Waals surface area contributed by atoms with Crippen LogP contribution in [0.15, 0.2) is 77.7 Å². The maximum absolute atomic E-state index is 12.8. The maximum Gasteiger partial charge on any atom is 0.255 e. The zero-order chi connectivity index (χ0) is 21.0. The Morgan fingerprint density at radius 3 is 2.21 bits per heavy atom. The number of hydrogen-bond donors (Lipinski definition) is 1. The van der Waals surface area contributed by atoms with Crippen LogP contribution in [0.3, 0.4) is 0 Å². The summed E-state index contributed by atoms with van der Waals surface area (Å²) in [5.41, 5.74) is 4.03. The Morgan fingerprint density at radius 2 is 1.59 bits per heavy atom. The number of anilines is 1. The average Bonchev–Trinajstić information content (AvgIpc) is 2.69. The molecule has 0 aliphatic heterocycles. The van der Waals surface area contributed by atoms with E-state index in [0.29, 0.717) is 11.3 Å². The first-order valence-electron chi connectivity index (χ1n) is 9.26. The molecule has 0 aromatic heterocycles. The van der Waals surface area contributed by atoms with Crippen molar-refractivity contribution in [2.45, 2.75) is 25.3 Å². The van der Waals surface area contributed by atoms with Crippen LogP contribution in [0.4, 0.5) is 5.69 Å². The number of benzene rings is 3. The van der Waals surface area contributed by atoms with Crippen LogP contribution in [0.5, 0.6) is 0 Å². The second-order valence-corrected chi connectivity index (χ2v) is 9.09. The number of nitrogens with one attached hydrogen (secondary N) is 1. The predicted octanol–water partition coefficient (Wildman–Crippen LogP) is 4.38. The molecule has 29 heavy (non-hydrogen) atoms. The Bertz CT molecular complexity index is 1110. The zero-order valence-electron chi connectivity index (χ0n) is 16.7. The van der Waals surface area contributed by atoms with Gasteiger partial charge < -0.3 is 5.32 Å². The van der Waals surface area contributed by atoms with Gasteiger partial charge in [0.05, 0.1) is 4.90 Å². The van der Waals surface area contributed by atoms with Gasteiger partial charge in [-0.15, -0.1) is 0 Å². The summed E-state index contributed by atoms with van der Waals surface area (Å²) in [6.07, 6.45) is 0. The molecule has 5 nitrogen and oxygen atoms in total. The van der Waals surface area contributed by atoms with Gasteiger partial charge in [0, 0.05) is 24.8 Å². The lowest BCUT2D eigenvalue weighted by Crippen LogP contribution is -2.26. The highest BCUT2D eigenvalue weighted by Crippen LogP contribution is 2.20. The fraction of sp³-hybridized carbons (Fsp3) is 0.174. The number of rotatable bonds is 6. The van der Waals surface area contributed by atoms with E-state index in [1.807, 2.05) is 56.3 Å². The minimum Gasteiger partial charge on any atom is -0.322 e. The number of carbonyl (C=O) groups is 1. The van der Waals surface area contributed by atoms with Gasteiger partial charge in [0.15, 0.2) is 0 Å². The molecule has 0 unspecified atom stereocenters. The molecule has 150 valence electrons. The van der Waals surface area contributed by atoms with Crippen molar-refractivity contribution < 1.29 is 13.2 Å². The first-order chi connectivity index (χ1) is 13.8. The molecule has 0 aliphatic carbocycles. The van der Waals surface area contributed by atoms with E-state index in [2.05, 4.69) is 5.32 Å². The van der Waals surface area contributed by atoms with Crippen molar-refractivity contribution >= 4 is 21.6 Å². The summed E-state index contributed by atoms with van der Waals surface area (Å²) in [6.45, 7) is 4.15. The fourth-order valence-corrected chi connectivity index (χ4v) is 4.24. The SMILES string of the molecule is Cc1ccc(C(=O)Nc2ccc(S(=O)(=O)N(C)Cc3ccccc3)cc2)c(C)c1. The van der Waals surface area contributed by atoms with Crippen molar-refractivity contribution in [3.05, 3.63) is 95.1 Å². The molecule has 3 rings (SSSR count). The number of aryl methyl sites for hydroxylation is 2. The lowest BCUT2D eigenvalue weighted by molar-refractivity contribution is 0.102. The van der Waals surface area contributed by atoms with E-state index in [1.54, 1.807) is 25.2 Å².